The summed E-state index contributed by atoms with van der Waals surface area (Å²) in [4.78, 5) is 13.3. The second-order valence-corrected chi connectivity index (χ2v) is 8.68. The number of amides is 1. The second-order valence-electron chi connectivity index (χ2n) is 5.40. The van der Waals surface area contributed by atoms with E-state index in [0.29, 0.717) is 6.54 Å². The van der Waals surface area contributed by atoms with Crippen molar-refractivity contribution in [3.8, 4) is 0 Å². The van der Waals surface area contributed by atoms with Gasteiger partial charge in [0.05, 0.1) is 12.5 Å². The lowest BCUT2D eigenvalue weighted by Crippen LogP contribution is -2.28. The molecule has 1 atom stereocenters. The average Bonchev–Trinajstić information content (AvgIpc) is 3.08. The highest BCUT2D eigenvalue weighted by atomic mass is 32.2. The minimum Gasteiger partial charge on any atom is -0.351 e. The van der Waals surface area contributed by atoms with Crippen LogP contribution in [-0.2, 0) is 21.4 Å². The molecule has 2 aromatic rings. The first-order valence-corrected chi connectivity index (χ1v) is 10.1. The highest BCUT2D eigenvalue weighted by Crippen LogP contribution is 2.23. The van der Waals surface area contributed by atoms with Gasteiger partial charge in [-0.05, 0) is 31.2 Å². The maximum atomic E-state index is 12.5. The Morgan fingerprint density at radius 1 is 1.17 bits per heavy atom. The van der Waals surface area contributed by atoms with Crippen LogP contribution in [0.5, 0.6) is 0 Å². The fraction of sp³-hybridized carbons (Fsp3) is 0.353. The van der Waals surface area contributed by atoms with E-state index in [1.165, 1.54) is 7.05 Å². The molecule has 130 valence electrons. The Morgan fingerprint density at radius 3 is 2.50 bits per heavy atom. The van der Waals surface area contributed by atoms with Crippen LogP contribution in [-0.4, -0.2) is 21.4 Å². The van der Waals surface area contributed by atoms with Crippen LogP contribution in [0, 0.1) is 0 Å². The predicted molar refractivity (Wildman–Crippen MR) is 96.5 cm³/mol. The summed E-state index contributed by atoms with van der Waals surface area (Å²) in [6.45, 7) is 2.38. The minimum atomic E-state index is -3.43. The van der Waals surface area contributed by atoms with E-state index in [1.807, 2.05) is 30.3 Å². The Morgan fingerprint density at radius 2 is 1.88 bits per heavy atom. The van der Waals surface area contributed by atoms with Crippen molar-refractivity contribution in [1.29, 1.82) is 0 Å². The molecule has 1 heterocycles. The Bertz CT molecular complexity index is 770. The highest BCUT2D eigenvalue weighted by molar-refractivity contribution is 7.91. The van der Waals surface area contributed by atoms with Crippen molar-refractivity contribution in [1.82, 2.24) is 10.0 Å². The van der Waals surface area contributed by atoms with Gasteiger partial charge in [-0.25, -0.2) is 13.1 Å². The van der Waals surface area contributed by atoms with Gasteiger partial charge < -0.3 is 5.32 Å². The van der Waals surface area contributed by atoms with E-state index in [2.05, 4.69) is 17.0 Å². The number of thiophene rings is 1. The zero-order chi connectivity index (χ0) is 17.6. The number of rotatable bonds is 8. The Kier molecular flexibility index (Phi) is 6.53. The Balaban J connectivity index is 2.03. The number of hydrogen-bond acceptors (Lipinski definition) is 4. The first-order chi connectivity index (χ1) is 11.5. The molecule has 7 heteroatoms. The zero-order valence-electron chi connectivity index (χ0n) is 13.8. The Hall–Kier alpha value is -1.70. The van der Waals surface area contributed by atoms with Crippen molar-refractivity contribution in [2.45, 2.75) is 36.4 Å². The van der Waals surface area contributed by atoms with Gasteiger partial charge in [0, 0.05) is 4.88 Å². The summed E-state index contributed by atoms with van der Waals surface area (Å²) < 4.78 is 26.0. The van der Waals surface area contributed by atoms with Crippen molar-refractivity contribution in [2.24, 2.45) is 0 Å². The van der Waals surface area contributed by atoms with Crippen molar-refractivity contribution < 1.29 is 13.2 Å². The van der Waals surface area contributed by atoms with E-state index in [0.717, 1.165) is 34.6 Å². The van der Waals surface area contributed by atoms with Crippen molar-refractivity contribution >= 4 is 27.3 Å². The van der Waals surface area contributed by atoms with E-state index < -0.39 is 10.0 Å². The molecule has 0 aliphatic rings. The van der Waals surface area contributed by atoms with Crippen LogP contribution in [0.3, 0.4) is 0 Å². The lowest BCUT2D eigenvalue weighted by atomic mass is 9.93. The van der Waals surface area contributed by atoms with Gasteiger partial charge in [-0.15, -0.1) is 11.3 Å². The average molecular weight is 367 g/mol. The monoisotopic (exact) mass is 366 g/mol. The van der Waals surface area contributed by atoms with Gasteiger partial charge in [-0.1, -0.05) is 43.7 Å². The molecule has 1 unspecified atom stereocenters. The molecule has 1 aromatic carbocycles. The van der Waals surface area contributed by atoms with E-state index in [4.69, 9.17) is 0 Å². The molecule has 0 spiro atoms. The molecular weight excluding hydrogens is 344 g/mol. The Labute approximate surface area is 147 Å². The molecule has 0 radical (unpaired) electrons. The summed E-state index contributed by atoms with van der Waals surface area (Å²) in [5, 5.41) is 2.92. The smallest absolute Gasteiger partial charge is 0.249 e. The van der Waals surface area contributed by atoms with E-state index in [-0.39, 0.29) is 16.0 Å². The summed E-state index contributed by atoms with van der Waals surface area (Å²) in [6.07, 6.45) is 1.69. The van der Waals surface area contributed by atoms with Crippen molar-refractivity contribution in [3.05, 3.63) is 52.9 Å². The minimum absolute atomic E-state index is 0.0329. The normalized spacial score (nSPS) is 12.8. The van der Waals surface area contributed by atoms with Crippen LogP contribution >= 0.6 is 11.3 Å². The number of carbonyl (C=O) groups excluding carboxylic acids is 1. The van der Waals surface area contributed by atoms with E-state index >= 15 is 0 Å². The molecule has 0 saturated carbocycles. The molecule has 0 aliphatic carbocycles. The van der Waals surface area contributed by atoms with Gasteiger partial charge in [0.25, 0.3) is 0 Å². The number of nitrogens with one attached hydrogen (secondary N) is 2. The van der Waals surface area contributed by atoms with Gasteiger partial charge >= 0.3 is 0 Å². The highest BCUT2D eigenvalue weighted by Gasteiger charge is 2.20. The van der Waals surface area contributed by atoms with Crippen LogP contribution in [0.2, 0.25) is 0 Å². The molecule has 1 amide bonds. The molecule has 24 heavy (non-hydrogen) atoms. The molecule has 2 N–H and O–H groups in total. The third-order valence-electron chi connectivity index (χ3n) is 3.70. The standard InChI is InChI=1S/C17H22N2O3S2/c1-3-7-15(13-8-5-4-6-9-13)17(20)19-12-14-10-11-16(23-14)24(21,22)18-2/h4-6,8-11,15,18H,3,7,12H2,1-2H3,(H,19,20). The largest absolute Gasteiger partial charge is 0.351 e. The summed E-state index contributed by atoms with van der Waals surface area (Å²) in [5.41, 5.74) is 1.00. The lowest BCUT2D eigenvalue weighted by Gasteiger charge is -2.16. The first kappa shape index (κ1) is 18.6. The fourth-order valence-electron chi connectivity index (χ4n) is 2.42. The van der Waals surface area contributed by atoms with Gasteiger partial charge in [0.15, 0.2) is 0 Å². The van der Waals surface area contributed by atoms with Crippen molar-refractivity contribution in [3.63, 3.8) is 0 Å². The molecule has 2 rings (SSSR count). The van der Waals surface area contributed by atoms with Crippen LogP contribution in [0.25, 0.3) is 0 Å². The molecular formula is C17H22N2O3S2. The molecule has 1 aromatic heterocycles. The fourth-order valence-corrected chi connectivity index (χ4v) is 4.55. The second kappa shape index (κ2) is 8.41. The molecule has 5 nitrogen and oxygen atoms in total. The van der Waals surface area contributed by atoms with Gasteiger partial charge in [0.1, 0.15) is 4.21 Å². The quantitative estimate of drug-likeness (QED) is 0.754. The summed E-state index contributed by atoms with van der Waals surface area (Å²) >= 11 is 1.16. The lowest BCUT2D eigenvalue weighted by molar-refractivity contribution is -0.122. The number of benzene rings is 1. The maximum Gasteiger partial charge on any atom is 0.249 e. The van der Waals surface area contributed by atoms with Gasteiger partial charge in [0.2, 0.25) is 15.9 Å². The van der Waals surface area contributed by atoms with E-state index in [1.54, 1.807) is 12.1 Å². The van der Waals surface area contributed by atoms with Crippen LogP contribution in [0.15, 0.2) is 46.7 Å². The summed E-state index contributed by atoms with van der Waals surface area (Å²) in [5.74, 6) is -0.217. The number of hydrogen-bond donors (Lipinski definition) is 2. The summed E-state index contributed by atoms with van der Waals surface area (Å²) in [6, 6.07) is 13.0. The van der Waals surface area contributed by atoms with Crippen molar-refractivity contribution in [2.75, 3.05) is 7.05 Å². The molecule has 0 fully saturated rings. The maximum absolute atomic E-state index is 12.5. The topological polar surface area (TPSA) is 75.3 Å². The van der Waals surface area contributed by atoms with Gasteiger partial charge in [-0.3, -0.25) is 4.79 Å². The van der Waals surface area contributed by atoms with Crippen LogP contribution in [0.4, 0.5) is 0 Å². The SMILES string of the molecule is CCCC(C(=O)NCc1ccc(S(=O)(=O)NC)s1)c1ccccc1. The zero-order valence-corrected chi connectivity index (χ0v) is 15.4. The van der Waals surface area contributed by atoms with Crippen LogP contribution < -0.4 is 10.0 Å². The molecule has 0 aliphatic heterocycles. The van der Waals surface area contributed by atoms with Crippen LogP contribution in [0.1, 0.15) is 36.1 Å². The summed E-state index contributed by atoms with van der Waals surface area (Å²) in [7, 11) is -2.05. The third kappa shape index (κ3) is 4.66. The number of sulfonamides is 1. The molecule has 0 saturated heterocycles. The van der Waals surface area contributed by atoms with E-state index in [9.17, 15) is 13.2 Å². The number of carbonyl (C=O) groups is 1. The molecule has 0 bridgehead atoms. The third-order valence-corrected chi connectivity index (χ3v) is 6.69. The van der Waals surface area contributed by atoms with Gasteiger partial charge in [-0.2, -0.15) is 0 Å². The predicted octanol–water partition coefficient (Wildman–Crippen LogP) is 2.86. The first-order valence-electron chi connectivity index (χ1n) is 7.83.